The van der Waals surface area contributed by atoms with E-state index in [1.54, 1.807) is 12.4 Å². The van der Waals surface area contributed by atoms with Crippen LogP contribution >= 0.6 is 11.6 Å². The predicted octanol–water partition coefficient (Wildman–Crippen LogP) is 1.67. The molecule has 0 aliphatic rings. The molecule has 0 spiro atoms. The highest BCUT2D eigenvalue weighted by molar-refractivity contribution is 6.30. The maximum Gasteiger partial charge on any atom is 0.222 e. The van der Waals surface area contributed by atoms with E-state index in [0.29, 0.717) is 17.5 Å². The van der Waals surface area contributed by atoms with Crippen molar-refractivity contribution in [3.63, 3.8) is 0 Å². The van der Waals surface area contributed by atoms with Crippen molar-refractivity contribution in [2.24, 2.45) is 5.73 Å². The van der Waals surface area contributed by atoms with Crippen LogP contribution in [0.4, 0.5) is 5.95 Å². The third-order valence-corrected chi connectivity index (χ3v) is 2.00. The molecule has 14 heavy (non-hydrogen) atoms. The molecule has 0 aliphatic heterocycles. The molecule has 5 heteroatoms. The van der Waals surface area contributed by atoms with Crippen LogP contribution < -0.4 is 11.1 Å². The van der Waals surface area contributed by atoms with E-state index in [1.807, 2.05) is 0 Å². The van der Waals surface area contributed by atoms with Crippen molar-refractivity contribution in [3.8, 4) is 0 Å². The zero-order valence-corrected chi connectivity index (χ0v) is 8.96. The zero-order valence-electron chi connectivity index (χ0n) is 8.20. The topological polar surface area (TPSA) is 63.8 Å². The van der Waals surface area contributed by atoms with E-state index in [4.69, 9.17) is 17.3 Å². The largest absolute Gasteiger partial charge is 0.353 e. The van der Waals surface area contributed by atoms with Crippen LogP contribution in [-0.2, 0) is 0 Å². The average Bonchev–Trinajstić information content (AvgIpc) is 2.17. The average molecular weight is 215 g/mol. The molecular weight excluding hydrogens is 200 g/mol. The molecule has 0 aliphatic carbocycles. The summed E-state index contributed by atoms with van der Waals surface area (Å²) in [7, 11) is 0. The summed E-state index contributed by atoms with van der Waals surface area (Å²) in [5.74, 6) is 0.570. The van der Waals surface area contributed by atoms with Crippen LogP contribution in [0.15, 0.2) is 12.4 Å². The zero-order chi connectivity index (χ0) is 10.4. The summed E-state index contributed by atoms with van der Waals surface area (Å²) >= 11 is 5.65. The molecule has 1 aromatic heterocycles. The summed E-state index contributed by atoms with van der Waals surface area (Å²) in [5.41, 5.74) is 5.82. The van der Waals surface area contributed by atoms with E-state index in [2.05, 4.69) is 22.2 Å². The summed E-state index contributed by atoms with van der Waals surface area (Å²) < 4.78 is 0. The number of anilines is 1. The molecule has 1 aromatic rings. The van der Waals surface area contributed by atoms with E-state index in [-0.39, 0.29) is 6.04 Å². The second kappa shape index (κ2) is 5.78. The Morgan fingerprint density at radius 3 is 2.71 bits per heavy atom. The van der Waals surface area contributed by atoms with Crippen molar-refractivity contribution in [2.45, 2.75) is 25.8 Å². The molecule has 4 nitrogen and oxygen atoms in total. The Hall–Kier alpha value is -0.870. The third-order valence-electron chi connectivity index (χ3n) is 1.80. The quantitative estimate of drug-likeness (QED) is 0.783. The van der Waals surface area contributed by atoms with Gasteiger partial charge in [0.1, 0.15) is 0 Å². The van der Waals surface area contributed by atoms with Crippen molar-refractivity contribution in [1.82, 2.24) is 9.97 Å². The summed E-state index contributed by atoms with van der Waals surface area (Å²) in [6.07, 6.45) is 5.20. The Bertz CT molecular complexity index is 262. The Morgan fingerprint density at radius 2 is 2.14 bits per heavy atom. The molecule has 0 radical (unpaired) electrons. The van der Waals surface area contributed by atoms with E-state index in [9.17, 15) is 0 Å². The van der Waals surface area contributed by atoms with Crippen LogP contribution in [0, 0.1) is 0 Å². The van der Waals surface area contributed by atoms with Gasteiger partial charge in [0.2, 0.25) is 5.95 Å². The second-order valence-electron chi connectivity index (χ2n) is 3.15. The Labute approximate surface area is 88.9 Å². The van der Waals surface area contributed by atoms with Crippen LogP contribution in [-0.4, -0.2) is 22.6 Å². The molecule has 1 heterocycles. The number of rotatable bonds is 5. The first-order chi connectivity index (χ1) is 6.72. The minimum atomic E-state index is 0.152. The van der Waals surface area contributed by atoms with Gasteiger partial charge in [-0.25, -0.2) is 9.97 Å². The molecule has 0 amide bonds. The van der Waals surface area contributed by atoms with Crippen LogP contribution in [0.2, 0.25) is 5.02 Å². The molecule has 0 saturated carbocycles. The lowest BCUT2D eigenvalue weighted by molar-refractivity contribution is 0.625. The van der Waals surface area contributed by atoms with Gasteiger partial charge in [-0.2, -0.15) is 0 Å². The van der Waals surface area contributed by atoms with Gasteiger partial charge in [0.25, 0.3) is 0 Å². The minimum Gasteiger partial charge on any atom is -0.353 e. The fraction of sp³-hybridized carbons (Fsp3) is 0.556. The lowest BCUT2D eigenvalue weighted by Gasteiger charge is -2.10. The molecule has 0 aromatic carbocycles. The van der Waals surface area contributed by atoms with Crippen LogP contribution in [0.3, 0.4) is 0 Å². The SMILES string of the molecule is CCCC(N)CNc1ncc(Cl)cn1. The van der Waals surface area contributed by atoms with Gasteiger partial charge < -0.3 is 11.1 Å². The number of nitrogens with zero attached hydrogens (tertiary/aromatic N) is 2. The van der Waals surface area contributed by atoms with E-state index in [0.717, 1.165) is 12.8 Å². The lowest BCUT2D eigenvalue weighted by Crippen LogP contribution is -2.29. The molecule has 1 unspecified atom stereocenters. The molecule has 1 atom stereocenters. The summed E-state index contributed by atoms with van der Waals surface area (Å²) in [6, 6.07) is 0.152. The normalized spacial score (nSPS) is 12.5. The Balaban J connectivity index is 2.34. The van der Waals surface area contributed by atoms with Gasteiger partial charge in [-0.1, -0.05) is 24.9 Å². The van der Waals surface area contributed by atoms with Gasteiger partial charge in [0, 0.05) is 12.6 Å². The number of hydrogen-bond donors (Lipinski definition) is 2. The predicted molar refractivity (Wildman–Crippen MR) is 58.4 cm³/mol. The lowest BCUT2D eigenvalue weighted by atomic mass is 10.2. The van der Waals surface area contributed by atoms with Gasteiger partial charge in [-0.3, -0.25) is 0 Å². The van der Waals surface area contributed by atoms with Gasteiger partial charge in [0.05, 0.1) is 17.4 Å². The molecular formula is C9H15ClN4. The van der Waals surface area contributed by atoms with Crippen molar-refractivity contribution in [3.05, 3.63) is 17.4 Å². The van der Waals surface area contributed by atoms with Crippen molar-refractivity contribution in [2.75, 3.05) is 11.9 Å². The molecule has 1 rings (SSSR count). The minimum absolute atomic E-state index is 0.152. The molecule has 0 saturated heterocycles. The highest BCUT2D eigenvalue weighted by Crippen LogP contribution is 2.05. The fourth-order valence-corrected chi connectivity index (χ4v) is 1.20. The molecule has 0 bridgehead atoms. The van der Waals surface area contributed by atoms with Gasteiger partial charge in [-0.05, 0) is 6.42 Å². The number of nitrogens with one attached hydrogen (secondary N) is 1. The van der Waals surface area contributed by atoms with Crippen molar-refractivity contribution >= 4 is 17.5 Å². The highest BCUT2D eigenvalue weighted by atomic mass is 35.5. The van der Waals surface area contributed by atoms with Gasteiger partial charge in [0.15, 0.2) is 0 Å². The first-order valence-electron chi connectivity index (χ1n) is 4.69. The van der Waals surface area contributed by atoms with E-state index < -0.39 is 0 Å². The number of halogens is 1. The van der Waals surface area contributed by atoms with Gasteiger partial charge >= 0.3 is 0 Å². The summed E-state index contributed by atoms with van der Waals surface area (Å²) in [4.78, 5) is 8.00. The third kappa shape index (κ3) is 3.89. The first kappa shape index (κ1) is 11.2. The van der Waals surface area contributed by atoms with Crippen molar-refractivity contribution in [1.29, 1.82) is 0 Å². The van der Waals surface area contributed by atoms with E-state index >= 15 is 0 Å². The van der Waals surface area contributed by atoms with Crippen molar-refractivity contribution < 1.29 is 0 Å². The molecule has 78 valence electrons. The fourth-order valence-electron chi connectivity index (χ4n) is 1.10. The number of hydrogen-bond acceptors (Lipinski definition) is 4. The molecule has 0 fully saturated rings. The highest BCUT2D eigenvalue weighted by Gasteiger charge is 2.01. The van der Waals surface area contributed by atoms with Gasteiger partial charge in [-0.15, -0.1) is 0 Å². The first-order valence-corrected chi connectivity index (χ1v) is 5.07. The smallest absolute Gasteiger partial charge is 0.222 e. The molecule has 3 N–H and O–H groups in total. The standard InChI is InChI=1S/C9H15ClN4/c1-2-3-8(11)6-14-9-12-4-7(10)5-13-9/h4-5,8H,2-3,6,11H2,1H3,(H,12,13,14). The van der Waals surface area contributed by atoms with Crippen LogP contribution in [0.5, 0.6) is 0 Å². The summed E-state index contributed by atoms with van der Waals surface area (Å²) in [6.45, 7) is 2.80. The maximum absolute atomic E-state index is 5.82. The van der Waals surface area contributed by atoms with Crippen LogP contribution in [0.25, 0.3) is 0 Å². The Morgan fingerprint density at radius 1 is 1.50 bits per heavy atom. The summed E-state index contributed by atoms with van der Waals surface area (Å²) in [5, 5.41) is 3.59. The van der Waals surface area contributed by atoms with Crippen LogP contribution in [0.1, 0.15) is 19.8 Å². The number of nitrogens with two attached hydrogens (primary N) is 1. The maximum atomic E-state index is 5.82. The Kier molecular flexibility index (Phi) is 4.62. The second-order valence-corrected chi connectivity index (χ2v) is 3.59. The van der Waals surface area contributed by atoms with E-state index in [1.165, 1.54) is 0 Å². The number of aromatic nitrogens is 2. The monoisotopic (exact) mass is 214 g/mol.